The number of benzene rings is 1. The van der Waals surface area contributed by atoms with Crippen LogP contribution in [0.1, 0.15) is 10.4 Å². The number of likely N-dealkylation sites (N-methyl/N-ethyl adjacent to an activating group) is 1. The van der Waals surface area contributed by atoms with Gasteiger partial charge < -0.3 is 15.4 Å². The Labute approximate surface area is 124 Å². The number of hydrogen-bond donors (Lipinski definition) is 2. The van der Waals surface area contributed by atoms with Gasteiger partial charge in [-0.1, -0.05) is 6.07 Å². The summed E-state index contributed by atoms with van der Waals surface area (Å²) >= 11 is 2.07. The number of ether oxygens (including phenoxy) is 1. The second-order valence-corrected chi connectivity index (χ2v) is 4.78. The zero-order valence-electron chi connectivity index (χ0n) is 10.2. The Morgan fingerprint density at radius 2 is 2.00 bits per heavy atom. The third-order valence-corrected chi connectivity index (χ3v) is 2.79. The molecule has 0 aliphatic rings. The van der Waals surface area contributed by atoms with Crippen LogP contribution < -0.4 is 10.6 Å². The van der Waals surface area contributed by atoms with Crippen molar-refractivity contribution in [3.05, 3.63) is 33.4 Å². The van der Waals surface area contributed by atoms with Crippen molar-refractivity contribution in [2.24, 2.45) is 0 Å². The van der Waals surface area contributed by atoms with Gasteiger partial charge in [0.15, 0.2) is 6.61 Å². The second kappa shape index (κ2) is 7.72. The first kappa shape index (κ1) is 15.4. The van der Waals surface area contributed by atoms with Crippen LogP contribution in [0.5, 0.6) is 0 Å². The molecule has 2 N–H and O–H groups in total. The quantitative estimate of drug-likeness (QED) is 0.573. The van der Waals surface area contributed by atoms with Crippen LogP contribution in [-0.2, 0) is 14.3 Å². The predicted octanol–water partition coefficient (Wildman–Crippen LogP) is 0.310. The normalized spacial score (nSPS) is 9.58. The van der Waals surface area contributed by atoms with E-state index in [9.17, 15) is 14.4 Å². The number of esters is 1. The van der Waals surface area contributed by atoms with Gasteiger partial charge in [0.05, 0.1) is 12.1 Å². The van der Waals surface area contributed by atoms with E-state index in [1.165, 1.54) is 7.05 Å². The molecule has 0 bridgehead atoms. The molecule has 19 heavy (non-hydrogen) atoms. The highest BCUT2D eigenvalue weighted by atomic mass is 127. The summed E-state index contributed by atoms with van der Waals surface area (Å²) in [5.41, 5.74) is 0.381. The van der Waals surface area contributed by atoms with Gasteiger partial charge in [-0.3, -0.25) is 9.59 Å². The molecule has 1 aromatic rings. The minimum absolute atomic E-state index is 0.143. The third kappa shape index (κ3) is 5.69. The SMILES string of the molecule is CNC(=O)CNC(=O)COC(=O)c1cccc(I)c1. The molecule has 6 nitrogen and oxygen atoms in total. The number of rotatable bonds is 5. The van der Waals surface area contributed by atoms with Gasteiger partial charge in [0.2, 0.25) is 5.91 Å². The summed E-state index contributed by atoms with van der Waals surface area (Å²) in [6.07, 6.45) is 0. The Hall–Kier alpha value is -1.64. The number of carbonyl (C=O) groups is 3. The highest BCUT2D eigenvalue weighted by Gasteiger charge is 2.10. The summed E-state index contributed by atoms with van der Waals surface area (Å²) < 4.78 is 5.72. The van der Waals surface area contributed by atoms with Crippen LogP contribution in [0.15, 0.2) is 24.3 Å². The molecule has 1 rings (SSSR count). The van der Waals surface area contributed by atoms with Gasteiger partial charge in [0.1, 0.15) is 0 Å². The maximum atomic E-state index is 11.6. The number of nitrogens with one attached hydrogen (secondary N) is 2. The molecule has 0 aliphatic carbocycles. The average molecular weight is 376 g/mol. The van der Waals surface area contributed by atoms with Crippen molar-refractivity contribution in [1.29, 1.82) is 0 Å². The standard InChI is InChI=1S/C12H13IN2O4/c1-14-10(16)6-15-11(17)7-19-12(18)8-3-2-4-9(13)5-8/h2-5H,6-7H2,1H3,(H,14,16)(H,15,17). The topological polar surface area (TPSA) is 84.5 Å². The Balaban J connectivity index is 2.38. The summed E-state index contributed by atoms with van der Waals surface area (Å²) in [6, 6.07) is 6.83. The number of halogens is 1. The Kier molecular flexibility index (Phi) is 6.26. The lowest BCUT2D eigenvalue weighted by molar-refractivity contribution is -0.127. The Morgan fingerprint density at radius 3 is 2.63 bits per heavy atom. The van der Waals surface area contributed by atoms with E-state index in [1.54, 1.807) is 18.2 Å². The molecule has 1 aromatic carbocycles. The first-order chi connectivity index (χ1) is 9.02. The first-order valence-electron chi connectivity index (χ1n) is 5.43. The monoisotopic (exact) mass is 376 g/mol. The van der Waals surface area contributed by atoms with Gasteiger partial charge in [-0.15, -0.1) is 0 Å². The van der Waals surface area contributed by atoms with Crippen molar-refractivity contribution in [2.45, 2.75) is 0 Å². The maximum Gasteiger partial charge on any atom is 0.338 e. The van der Waals surface area contributed by atoms with Gasteiger partial charge in [0.25, 0.3) is 5.91 Å². The average Bonchev–Trinajstić information content (AvgIpc) is 2.41. The largest absolute Gasteiger partial charge is 0.452 e. The van der Waals surface area contributed by atoms with Crippen LogP contribution in [0, 0.1) is 3.57 Å². The van der Waals surface area contributed by atoms with Crippen molar-refractivity contribution in [1.82, 2.24) is 10.6 Å². The molecule has 102 valence electrons. The lowest BCUT2D eigenvalue weighted by Crippen LogP contribution is -2.37. The van der Waals surface area contributed by atoms with Crippen molar-refractivity contribution in [3.63, 3.8) is 0 Å². The van der Waals surface area contributed by atoms with E-state index in [0.29, 0.717) is 5.56 Å². The molecule has 0 radical (unpaired) electrons. The summed E-state index contributed by atoms with van der Waals surface area (Å²) in [5.74, 6) is -1.42. The van der Waals surface area contributed by atoms with E-state index in [2.05, 4.69) is 33.2 Å². The van der Waals surface area contributed by atoms with E-state index in [0.717, 1.165) is 3.57 Å². The highest BCUT2D eigenvalue weighted by molar-refractivity contribution is 14.1. The first-order valence-corrected chi connectivity index (χ1v) is 6.50. The third-order valence-electron chi connectivity index (χ3n) is 2.12. The maximum absolute atomic E-state index is 11.6. The van der Waals surface area contributed by atoms with Gasteiger partial charge in [-0.05, 0) is 40.8 Å². The van der Waals surface area contributed by atoms with Crippen molar-refractivity contribution < 1.29 is 19.1 Å². The highest BCUT2D eigenvalue weighted by Crippen LogP contribution is 2.08. The van der Waals surface area contributed by atoms with Gasteiger partial charge in [0, 0.05) is 10.6 Å². The van der Waals surface area contributed by atoms with E-state index < -0.39 is 18.5 Å². The minimum atomic E-state index is -0.575. The molecule has 0 aromatic heterocycles. The molecule has 0 aliphatic heterocycles. The molecule has 2 amide bonds. The number of amides is 2. The molecule has 0 heterocycles. The fraction of sp³-hybridized carbons (Fsp3) is 0.250. The van der Waals surface area contributed by atoms with Crippen molar-refractivity contribution >= 4 is 40.4 Å². The van der Waals surface area contributed by atoms with Crippen LogP contribution >= 0.6 is 22.6 Å². The molecule has 0 saturated heterocycles. The fourth-order valence-corrected chi connectivity index (χ4v) is 1.69. The Morgan fingerprint density at radius 1 is 1.26 bits per heavy atom. The predicted molar refractivity (Wildman–Crippen MR) is 76.5 cm³/mol. The number of carbonyl (C=O) groups excluding carboxylic acids is 3. The molecule has 0 spiro atoms. The van der Waals surface area contributed by atoms with Crippen LogP contribution in [0.2, 0.25) is 0 Å². The van der Waals surface area contributed by atoms with Crippen molar-refractivity contribution in [3.8, 4) is 0 Å². The summed E-state index contributed by atoms with van der Waals surface area (Å²) in [4.78, 5) is 33.8. The summed E-state index contributed by atoms with van der Waals surface area (Å²) in [5, 5.41) is 4.68. The summed E-state index contributed by atoms with van der Waals surface area (Å²) in [7, 11) is 1.46. The van der Waals surface area contributed by atoms with Crippen LogP contribution in [-0.4, -0.2) is 38.0 Å². The van der Waals surface area contributed by atoms with Gasteiger partial charge >= 0.3 is 5.97 Å². The zero-order valence-corrected chi connectivity index (χ0v) is 12.4. The van der Waals surface area contributed by atoms with Gasteiger partial charge in [-0.2, -0.15) is 0 Å². The molecule has 0 saturated carbocycles. The van der Waals surface area contributed by atoms with Crippen LogP contribution in [0.4, 0.5) is 0 Å². The van der Waals surface area contributed by atoms with E-state index in [-0.39, 0.29) is 12.5 Å². The van der Waals surface area contributed by atoms with Crippen LogP contribution in [0.3, 0.4) is 0 Å². The molecule has 0 fully saturated rings. The van der Waals surface area contributed by atoms with E-state index in [4.69, 9.17) is 4.74 Å². The number of hydrogen-bond acceptors (Lipinski definition) is 4. The van der Waals surface area contributed by atoms with Crippen LogP contribution in [0.25, 0.3) is 0 Å². The fourth-order valence-electron chi connectivity index (χ4n) is 1.15. The zero-order chi connectivity index (χ0) is 14.3. The molecular weight excluding hydrogens is 363 g/mol. The molecule has 7 heteroatoms. The minimum Gasteiger partial charge on any atom is -0.452 e. The lowest BCUT2D eigenvalue weighted by Gasteiger charge is -2.06. The van der Waals surface area contributed by atoms with Gasteiger partial charge in [-0.25, -0.2) is 4.79 Å². The second-order valence-electron chi connectivity index (χ2n) is 3.54. The summed E-state index contributed by atoms with van der Waals surface area (Å²) in [6.45, 7) is -0.558. The van der Waals surface area contributed by atoms with Crippen molar-refractivity contribution in [2.75, 3.05) is 20.2 Å². The van der Waals surface area contributed by atoms with E-state index in [1.807, 2.05) is 6.07 Å². The molecular formula is C12H13IN2O4. The molecule has 0 atom stereocenters. The Bertz CT molecular complexity index is 490. The van der Waals surface area contributed by atoms with E-state index >= 15 is 0 Å². The smallest absolute Gasteiger partial charge is 0.338 e. The lowest BCUT2D eigenvalue weighted by atomic mass is 10.2. The molecule has 0 unspecified atom stereocenters.